The number of carbonyl (C=O) groups is 2. The highest BCUT2D eigenvalue weighted by Gasteiger charge is 2.33. The normalized spacial score (nSPS) is 18.9. The maximum Gasteiger partial charge on any atom is 0.303 e. The molecule has 5 heteroatoms. The van der Waals surface area contributed by atoms with E-state index < -0.39 is 11.6 Å². The summed E-state index contributed by atoms with van der Waals surface area (Å²) < 4.78 is 0. The standard InChI is InChI=1S/C19H25NO4/c21-17(22)10-4-2-1-3-7-13-20-18(23)19(24)12-11-15-8-5-6-9-16(15)14-19/h5-6,8-9,11,14,24H,1-4,7,10,12-13H2,(H,20,23)(H,21,22). The van der Waals surface area contributed by atoms with Gasteiger partial charge in [-0.2, -0.15) is 0 Å². The van der Waals surface area contributed by atoms with Crippen LogP contribution in [0.3, 0.4) is 0 Å². The summed E-state index contributed by atoms with van der Waals surface area (Å²) in [7, 11) is 0. The molecule has 0 radical (unpaired) electrons. The van der Waals surface area contributed by atoms with E-state index in [4.69, 9.17) is 5.11 Å². The lowest BCUT2D eigenvalue weighted by molar-refractivity contribution is -0.137. The van der Waals surface area contributed by atoms with Gasteiger partial charge in [-0.15, -0.1) is 0 Å². The zero-order valence-electron chi connectivity index (χ0n) is 13.8. The van der Waals surface area contributed by atoms with Gasteiger partial charge in [-0.25, -0.2) is 0 Å². The first-order valence-corrected chi connectivity index (χ1v) is 8.52. The number of aliphatic carboxylic acids is 1. The average molecular weight is 331 g/mol. The van der Waals surface area contributed by atoms with Crippen molar-refractivity contribution in [1.29, 1.82) is 0 Å². The van der Waals surface area contributed by atoms with E-state index >= 15 is 0 Å². The van der Waals surface area contributed by atoms with Crippen LogP contribution in [0.15, 0.2) is 24.3 Å². The lowest BCUT2D eigenvalue weighted by Gasteiger charge is -2.24. The van der Waals surface area contributed by atoms with Crippen LogP contribution in [0.25, 0.3) is 12.2 Å². The Hall–Kier alpha value is -2.14. The molecule has 5 nitrogen and oxygen atoms in total. The van der Waals surface area contributed by atoms with Gasteiger partial charge >= 0.3 is 5.97 Å². The zero-order chi connectivity index (χ0) is 17.4. The first-order chi connectivity index (χ1) is 11.5. The summed E-state index contributed by atoms with van der Waals surface area (Å²) in [6.45, 7) is 0.523. The molecule has 1 aliphatic carbocycles. The Balaban J connectivity index is 1.71. The SMILES string of the molecule is O=C(O)CCCCCCCNC(=O)C1(O)C=c2ccccc2=CC1. The van der Waals surface area contributed by atoms with Crippen LogP contribution in [-0.4, -0.2) is 34.2 Å². The van der Waals surface area contributed by atoms with Crippen LogP contribution in [-0.2, 0) is 9.59 Å². The van der Waals surface area contributed by atoms with Gasteiger partial charge in [0.05, 0.1) is 0 Å². The molecule has 1 amide bonds. The fourth-order valence-electron chi connectivity index (χ4n) is 2.85. The van der Waals surface area contributed by atoms with E-state index in [0.717, 1.165) is 36.1 Å². The third-order valence-corrected chi connectivity index (χ3v) is 4.27. The predicted octanol–water partition coefficient (Wildman–Crippen LogP) is 0.924. The van der Waals surface area contributed by atoms with Crippen molar-refractivity contribution in [3.8, 4) is 0 Å². The summed E-state index contributed by atoms with van der Waals surface area (Å²) >= 11 is 0. The van der Waals surface area contributed by atoms with E-state index in [1.807, 2.05) is 30.3 Å². The lowest BCUT2D eigenvalue weighted by atomic mass is 9.92. The average Bonchev–Trinajstić information content (AvgIpc) is 2.56. The topological polar surface area (TPSA) is 86.6 Å². The molecular weight excluding hydrogens is 306 g/mol. The molecule has 0 aliphatic heterocycles. The summed E-state index contributed by atoms with van der Waals surface area (Å²) in [6, 6.07) is 7.68. The second-order valence-electron chi connectivity index (χ2n) is 6.27. The minimum atomic E-state index is -1.48. The van der Waals surface area contributed by atoms with Crippen LogP contribution < -0.4 is 15.8 Å². The molecule has 1 atom stereocenters. The number of amides is 1. The summed E-state index contributed by atoms with van der Waals surface area (Å²) in [5, 5.41) is 23.8. The molecule has 0 saturated heterocycles. The maximum atomic E-state index is 12.3. The van der Waals surface area contributed by atoms with Gasteiger partial charge < -0.3 is 15.5 Å². The van der Waals surface area contributed by atoms with Crippen molar-refractivity contribution in [1.82, 2.24) is 5.32 Å². The van der Waals surface area contributed by atoms with Crippen LogP contribution >= 0.6 is 0 Å². The van der Waals surface area contributed by atoms with E-state index in [-0.39, 0.29) is 18.7 Å². The lowest BCUT2D eigenvalue weighted by Crippen LogP contribution is -2.49. The molecule has 1 unspecified atom stereocenters. The molecule has 1 aromatic rings. The Morgan fingerprint density at radius 3 is 2.46 bits per heavy atom. The third-order valence-electron chi connectivity index (χ3n) is 4.27. The predicted molar refractivity (Wildman–Crippen MR) is 92.5 cm³/mol. The Bertz CT molecular complexity index is 698. The van der Waals surface area contributed by atoms with Crippen LogP contribution in [0.5, 0.6) is 0 Å². The van der Waals surface area contributed by atoms with Crippen molar-refractivity contribution in [2.75, 3.05) is 6.54 Å². The van der Waals surface area contributed by atoms with Gasteiger partial charge in [0.15, 0.2) is 5.60 Å². The number of aliphatic hydroxyl groups is 1. The number of carbonyl (C=O) groups excluding carboxylic acids is 1. The fourth-order valence-corrected chi connectivity index (χ4v) is 2.85. The Kier molecular flexibility index (Phi) is 6.55. The number of carboxylic acids is 1. The summed E-state index contributed by atoms with van der Waals surface area (Å²) in [4.78, 5) is 22.7. The molecule has 1 aliphatic rings. The summed E-state index contributed by atoms with van der Waals surface area (Å²) in [6.07, 6.45) is 8.34. The largest absolute Gasteiger partial charge is 0.481 e. The van der Waals surface area contributed by atoms with Crippen molar-refractivity contribution < 1.29 is 19.8 Å². The maximum absolute atomic E-state index is 12.3. The van der Waals surface area contributed by atoms with Gasteiger partial charge in [0.2, 0.25) is 0 Å². The molecule has 0 heterocycles. The minimum absolute atomic E-state index is 0.220. The van der Waals surface area contributed by atoms with Gasteiger partial charge in [0, 0.05) is 19.4 Å². The molecule has 130 valence electrons. The monoisotopic (exact) mass is 331 g/mol. The number of hydrogen-bond donors (Lipinski definition) is 3. The van der Waals surface area contributed by atoms with E-state index in [1.54, 1.807) is 6.08 Å². The highest BCUT2D eigenvalue weighted by atomic mass is 16.4. The van der Waals surface area contributed by atoms with Gasteiger partial charge in [0.25, 0.3) is 5.91 Å². The number of carboxylic acid groups (broad SMARTS) is 1. The summed E-state index contributed by atoms with van der Waals surface area (Å²) in [5.41, 5.74) is -1.48. The molecule has 2 rings (SSSR count). The number of benzene rings is 1. The second kappa shape index (κ2) is 8.64. The number of nitrogens with one attached hydrogen (secondary N) is 1. The zero-order valence-corrected chi connectivity index (χ0v) is 13.8. The number of unbranched alkanes of at least 4 members (excludes halogenated alkanes) is 4. The second-order valence-corrected chi connectivity index (χ2v) is 6.27. The molecule has 0 aromatic heterocycles. The smallest absolute Gasteiger partial charge is 0.303 e. The highest BCUT2D eigenvalue weighted by molar-refractivity contribution is 5.92. The van der Waals surface area contributed by atoms with Gasteiger partial charge in [-0.05, 0) is 29.4 Å². The number of fused-ring (bicyclic) bond motifs is 1. The van der Waals surface area contributed by atoms with Gasteiger partial charge in [-0.1, -0.05) is 49.6 Å². The Morgan fingerprint density at radius 1 is 1.04 bits per heavy atom. The van der Waals surface area contributed by atoms with E-state index in [0.29, 0.717) is 13.0 Å². The molecule has 24 heavy (non-hydrogen) atoms. The van der Waals surface area contributed by atoms with Crippen LogP contribution in [0.4, 0.5) is 0 Å². The minimum Gasteiger partial charge on any atom is -0.481 e. The fraction of sp³-hybridized carbons (Fsp3) is 0.474. The molecule has 1 aromatic carbocycles. The molecular formula is C19H25NO4. The molecule has 0 spiro atoms. The molecule has 3 N–H and O–H groups in total. The summed E-state index contributed by atoms with van der Waals surface area (Å²) in [5.74, 6) is -1.11. The van der Waals surface area contributed by atoms with Crippen molar-refractivity contribution in [2.24, 2.45) is 0 Å². The molecule has 0 saturated carbocycles. The van der Waals surface area contributed by atoms with Crippen LogP contribution in [0.2, 0.25) is 0 Å². The van der Waals surface area contributed by atoms with Crippen LogP contribution in [0, 0.1) is 0 Å². The van der Waals surface area contributed by atoms with Gasteiger partial charge in [-0.3, -0.25) is 9.59 Å². The first kappa shape index (κ1) is 18.2. The highest BCUT2D eigenvalue weighted by Crippen LogP contribution is 2.15. The first-order valence-electron chi connectivity index (χ1n) is 8.52. The van der Waals surface area contributed by atoms with Crippen molar-refractivity contribution in [3.05, 3.63) is 34.7 Å². The van der Waals surface area contributed by atoms with Crippen molar-refractivity contribution >= 4 is 24.0 Å². The van der Waals surface area contributed by atoms with E-state index in [9.17, 15) is 14.7 Å². The Labute approximate surface area is 141 Å². The molecule has 0 fully saturated rings. The molecule has 0 bridgehead atoms. The van der Waals surface area contributed by atoms with E-state index in [2.05, 4.69) is 5.32 Å². The number of rotatable bonds is 9. The quantitative estimate of drug-likeness (QED) is 0.588. The van der Waals surface area contributed by atoms with Gasteiger partial charge in [0.1, 0.15) is 0 Å². The Morgan fingerprint density at radius 2 is 1.71 bits per heavy atom. The van der Waals surface area contributed by atoms with Crippen molar-refractivity contribution in [3.63, 3.8) is 0 Å². The van der Waals surface area contributed by atoms with E-state index in [1.165, 1.54) is 0 Å². The third kappa shape index (κ3) is 5.20. The van der Waals surface area contributed by atoms with Crippen LogP contribution in [0.1, 0.15) is 44.9 Å². The van der Waals surface area contributed by atoms with Crippen molar-refractivity contribution in [2.45, 2.75) is 50.5 Å². The number of hydrogen-bond acceptors (Lipinski definition) is 3.